The number of imidazole rings is 1. The third-order valence-electron chi connectivity index (χ3n) is 3.05. The number of carbonyl (C=O) groups is 1. The Hall–Kier alpha value is -1.36. The van der Waals surface area contributed by atoms with Gasteiger partial charge in [0, 0.05) is 51.5 Å². The Kier molecular flexibility index (Phi) is 4.14. The molecule has 5 nitrogen and oxygen atoms in total. The summed E-state index contributed by atoms with van der Waals surface area (Å²) in [6.07, 6.45) is 7.03. The molecule has 2 heterocycles. The van der Waals surface area contributed by atoms with Crippen molar-refractivity contribution < 1.29 is 9.53 Å². The summed E-state index contributed by atoms with van der Waals surface area (Å²) >= 11 is 0. The summed E-state index contributed by atoms with van der Waals surface area (Å²) in [6.45, 7) is 1.48. The number of aryl methyl sites for hydroxylation is 1. The van der Waals surface area contributed by atoms with Gasteiger partial charge in [0.05, 0.1) is 0 Å². The fraction of sp³-hybridized carbons (Fsp3) is 0.667. The predicted octanol–water partition coefficient (Wildman–Crippen LogP) is 0.741. The number of aromatic nitrogens is 2. The number of rotatable bonds is 5. The van der Waals surface area contributed by atoms with Gasteiger partial charge in [0.25, 0.3) is 0 Å². The molecule has 0 bridgehead atoms. The Balaban J connectivity index is 1.76. The van der Waals surface area contributed by atoms with Crippen LogP contribution in [0.2, 0.25) is 0 Å². The second-order valence-electron chi connectivity index (χ2n) is 4.40. The molecule has 0 spiro atoms. The lowest BCUT2D eigenvalue weighted by Gasteiger charge is -2.24. The molecule has 1 amide bonds. The van der Waals surface area contributed by atoms with E-state index in [9.17, 15) is 4.79 Å². The number of nitrogens with one attached hydrogen (secondary N) is 1. The van der Waals surface area contributed by atoms with Crippen LogP contribution in [0.1, 0.15) is 25.1 Å². The van der Waals surface area contributed by atoms with Crippen molar-refractivity contribution >= 4 is 5.91 Å². The third-order valence-corrected chi connectivity index (χ3v) is 3.05. The highest BCUT2D eigenvalue weighted by Gasteiger charge is 2.19. The molecular formula is C12H19N3O2. The van der Waals surface area contributed by atoms with Crippen molar-refractivity contribution in [1.29, 1.82) is 0 Å². The van der Waals surface area contributed by atoms with Crippen LogP contribution in [0.3, 0.4) is 0 Å². The standard InChI is InChI=1S/C12H19N3O2/c1-17-8-2-3-12(16)14-10-4-5-11-13-6-7-15(11)9-10/h6-7,10H,2-5,8-9H2,1H3,(H,14,16)/t10-/m1/s1. The molecule has 1 aromatic heterocycles. The smallest absolute Gasteiger partial charge is 0.220 e. The van der Waals surface area contributed by atoms with E-state index in [0.717, 1.165) is 31.6 Å². The minimum Gasteiger partial charge on any atom is -0.385 e. The van der Waals surface area contributed by atoms with Crippen LogP contribution in [0.15, 0.2) is 12.4 Å². The zero-order valence-corrected chi connectivity index (χ0v) is 10.2. The van der Waals surface area contributed by atoms with Gasteiger partial charge < -0.3 is 14.6 Å². The lowest BCUT2D eigenvalue weighted by Crippen LogP contribution is -2.40. The second-order valence-corrected chi connectivity index (χ2v) is 4.40. The molecule has 94 valence electrons. The molecule has 0 fully saturated rings. The van der Waals surface area contributed by atoms with Crippen molar-refractivity contribution in [2.75, 3.05) is 13.7 Å². The fourth-order valence-electron chi connectivity index (χ4n) is 2.16. The normalized spacial score (nSPS) is 18.8. The summed E-state index contributed by atoms with van der Waals surface area (Å²) in [7, 11) is 1.65. The van der Waals surface area contributed by atoms with Crippen molar-refractivity contribution in [2.24, 2.45) is 0 Å². The molecule has 1 aliphatic rings. The molecular weight excluding hydrogens is 218 g/mol. The van der Waals surface area contributed by atoms with Crippen molar-refractivity contribution in [3.05, 3.63) is 18.2 Å². The molecule has 2 rings (SSSR count). The zero-order chi connectivity index (χ0) is 12.1. The number of carbonyl (C=O) groups excluding carboxylic acids is 1. The number of amides is 1. The number of fused-ring (bicyclic) bond motifs is 1. The molecule has 0 aliphatic carbocycles. The van der Waals surface area contributed by atoms with Gasteiger partial charge in [-0.25, -0.2) is 4.98 Å². The van der Waals surface area contributed by atoms with Crippen LogP contribution in [0.4, 0.5) is 0 Å². The average molecular weight is 237 g/mol. The first-order chi connectivity index (χ1) is 8.29. The van der Waals surface area contributed by atoms with Crippen LogP contribution < -0.4 is 5.32 Å². The van der Waals surface area contributed by atoms with Gasteiger partial charge in [0.15, 0.2) is 0 Å². The average Bonchev–Trinajstić information content (AvgIpc) is 2.76. The summed E-state index contributed by atoms with van der Waals surface area (Å²) in [6, 6.07) is 0.242. The van der Waals surface area contributed by atoms with E-state index in [1.807, 2.05) is 12.4 Å². The first-order valence-electron chi connectivity index (χ1n) is 6.08. The highest BCUT2D eigenvalue weighted by molar-refractivity contribution is 5.76. The van der Waals surface area contributed by atoms with Crippen molar-refractivity contribution in [1.82, 2.24) is 14.9 Å². The summed E-state index contributed by atoms with van der Waals surface area (Å²) in [5.41, 5.74) is 0. The first-order valence-corrected chi connectivity index (χ1v) is 6.08. The molecule has 0 saturated heterocycles. The Morgan fingerprint density at radius 3 is 3.41 bits per heavy atom. The zero-order valence-electron chi connectivity index (χ0n) is 10.2. The number of hydrogen-bond acceptors (Lipinski definition) is 3. The van der Waals surface area contributed by atoms with E-state index in [2.05, 4.69) is 14.9 Å². The Bertz CT molecular complexity index is 376. The molecule has 0 unspecified atom stereocenters. The van der Waals surface area contributed by atoms with Crippen molar-refractivity contribution in [3.8, 4) is 0 Å². The maximum absolute atomic E-state index is 11.6. The maximum Gasteiger partial charge on any atom is 0.220 e. The van der Waals surface area contributed by atoms with Crippen LogP contribution in [0, 0.1) is 0 Å². The lowest BCUT2D eigenvalue weighted by atomic mass is 10.1. The van der Waals surface area contributed by atoms with Gasteiger partial charge in [-0.2, -0.15) is 0 Å². The lowest BCUT2D eigenvalue weighted by molar-refractivity contribution is -0.122. The van der Waals surface area contributed by atoms with Gasteiger partial charge >= 0.3 is 0 Å². The van der Waals surface area contributed by atoms with E-state index in [0.29, 0.717) is 13.0 Å². The first kappa shape index (κ1) is 12.1. The number of nitrogens with zero attached hydrogens (tertiary/aromatic N) is 2. The van der Waals surface area contributed by atoms with Crippen LogP contribution in [-0.4, -0.2) is 35.2 Å². The number of methoxy groups -OCH3 is 1. The van der Waals surface area contributed by atoms with Gasteiger partial charge in [0.2, 0.25) is 5.91 Å². The topological polar surface area (TPSA) is 56.1 Å². The van der Waals surface area contributed by atoms with Crippen LogP contribution in [0.25, 0.3) is 0 Å². The van der Waals surface area contributed by atoms with E-state index in [-0.39, 0.29) is 11.9 Å². The molecule has 1 aliphatic heterocycles. The van der Waals surface area contributed by atoms with Gasteiger partial charge in [-0.3, -0.25) is 4.79 Å². The summed E-state index contributed by atoms with van der Waals surface area (Å²) in [5, 5.41) is 3.07. The molecule has 5 heteroatoms. The van der Waals surface area contributed by atoms with E-state index in [4.69, 9.17) is 4.74 Å². The Morgan fingerprint density at radius 1 is 1.71 bits per heavy atom. The van der Waals surface area contributed by atoms with Crippen LogP contribution in [-0.2, 0) is 22.5 Å². The maximum atomic E-state index is 11.6. The highest BCUT2D eigenvalue weighted by Crippen LogP contribution is 2.13. The van der Waals surface area contributed by atoms with Crippen molar-refractivity contribution in [2.45, 2.75) is 38.3 Å². The molecule has 1 aromatic rings. The monoisotopic (exact) mass is 237 g/mol. The second kappa shape index (κ2) is 5.82. The number of hydrogen-bond donors (Lipinski definition) is 1. The number of ether oxygens (including phenoxy) is 1. The van der Waals surface area contributed by atoms with E-state index in [1.165, 1.54) is 0 Å². The molecule has 0 aromatic carbocycles. The fourth-order valence-corrected chi connectivity index (χ4v) is 2.16. The Labute approximate surface area is 101 Å². The Morgan fingerprint density at radius 2 is 2.59 bits per heavy atom. The van der Waals surface area contributed by atoms with Crippen LogP contribution in [0.5, 0.6) is 0 Å². The molecule has 1 atom stereocenters. The van der Waals surface area contributed by atoms with Crippen LogP contribution >= 0.6 is 0 Å². The predicted molar refractivity (Wildman–Crippen MR) is 63.6 cm³/mol. The summed E-state index contributed by atoms with van der Waals surface area (Å²) in [5.74, 6) is 1.24. The molecule has 0 radical (unpaired) electrons. The summed E-state index contributed by atoms with van der Waals surface area (Å²) < 4.78 is 7.04. The molecule has 1 N–H and O–H groups in total. The van der Waals surface area contributed by atoms with E-state index >= 15 is 0 Å². The molecule has 0 saturated carbocycles. The molecule has 17 heavy (non-hydrogen) atoms. The minimum atomic E-state index is 0.121. The van der Waals surface area contributed by atoms with E-state index < -0.39 is 0 Å². The van der Waals surface area contributed by atoms with Gasteiger partial charge in [-0.05, 0) is 12.8 Å². The van der Waals surface area contributed by atoms with Crippen molar-refractivity contribution in [3.63, 3.8) is 0 Å². The van der Waals surface area contributed by atoms with Gasteiger partial charge in [-0.15, -0.1) is 0 Å². The quantitative estimate of drug-likeness (QED) is 0.768. The highest BCUT2D eigenvalue weighted by atomic mass is 16.5. The van der Waals surface area contributed by atoms with Gasteiger partial charge in [0.1, 0.15) is 5.82 Å². The minimum absolute atomic E-state index is 0.121. The third kappa shape index (κ3) is 3.30. The summed E-state index contributed by atoms with van der Waals surface area (Å²) in [4.78, 5) is 15.9. The van der Waals surface area contributed by atoms with E-state index in [1.54, 1.807) is 7.11 Å². The van der Waals surface area contributed by atoms with Gasteiger partial charge in [-0.1, -0.05) is 0 Å². The largest absolute Gasteiger partial charge is 0.385 e. The SMILES string of the molecule is COCCCC(=O)N[C@@H]1CCc2nccn2C1.